The predicted octanol–water partition coefficient (Wildman–Crippen LogP) is 2.00. The van der Waals surface area contributed by atoms with E-state index >= 15 is 0 Å². The monoisotopic (exact) mass is 227 g/mol. The minimum Gasteiger partial charge on any atom is -0.399 e. The Morgan fingerprint density at radius 1 is 1.06 bits per heavy atom. The third-order valence-electron chi connectivity index (χ3n) is 2.62. The summed E-state index contributed by atoms with van der Waals surface area (Å²) < 4.78 is 0. The molecule has 3 nitrogen and oxygen atoms in total. The molecule has 3 N–H and O–H groups in total. The number of nitrogen functional groups attached to an aromatic ring is 1. The van der Waals surface area contributed by atoms with E-state index in [9.17, 15) is 0 Å². The highest BCUT2D eigenvalue weighted by molar-refractivity contribution is 5.40. The molecule has 0 radical (unpaired) electrons. The van der Waals surface area contributed by atoms with E-state index in [1.54, 1.807) is 0 Å². The molecule has 3 heteroatoms. The highest BCUT2D eigenvalue weighted by Crippen LogP contribution is 2.06. The second-order valence-corrected chi connectivity index (χ2v) is 4.03. The van der Waals surface area contributed by atoms with Crippen molar-refractivity contribution in [1.82, 2.24) is 10.3 Å². The van der Waals surface area contributed by atoms with Gasteiger partial charge >= 0.3 is 0 Å². The first-order valence-electron chi connectivity index (χ1n) is 5.78. The number of anilines is 1. The van der Waals surface area contributed by atoms with E-state index in [0.717, 1.165) is 25.2 Å². The normalized spacial score (nSPS) is 10.4. The number of nitrogens with zero attached hydrogens (tertiary/aromatic N) is 1. The molecule has 0 fully saturated rings. The Morgan fingerprint density at radius 2 is 1.88 bits per heavy atom. The van der Waals surface area contributed by atoms with Crippen LogP contribution in [0.4, 0.5) is 5.69 Å². The third-order valence-corrected chi connectivity index (χ3v) is 2.62. The molecule has 0 aliphatic rings. The van der Waals surface area contributed by atoms with Gasteiger partial charge in [0.25, 0.3) is 0 Å². The fourth-order valence-electron chi connectivity index (χ4n) is 1.71. The maximum atomic E-state index is 5.73. The first-order valence-corrected chi connectivity index (χ1v) is 5.78. The lowest BCUT2D eigenvalue weighted by atomic mass is 10.1. The second-order valence-electron chi connectivity index (χ2n) is 4.03. The molecule has 0 saturated carbocycles. The van der Waals surface area contributed by atoms with Crippen LogP contribution in [0.25, 0.3) is 0 Å². The van der Waals surface area contributed by atoms with Crippen LogP contribution in [0.5, 0.6) is 0 Å². The second kappa shape index (κ2) is 6.01. The van der Waals surface area contributed by atoms with Gasteiger partial charge < -0.3 is 11.1 Å². The van der Waals surface area contributed by atoms with Gasteiger partial charge in [0.05, 0.1) is 0 Å². The zero-order valence-electron chi connectivity index (χ0n) is 9.76. The van der Waals surface area contributed by atoms with Gasteiger partial charge in [-0.15, -0.1) is 0 Å². The van der Waals surface area contributed by atoms with Crippen molar-refractivity contribution >= 4 is 5.69 Å². The Balaban J connectivity index is 1.73. The molecule has 2 aromatic rings. The van der Waals surface area contributed by atoms with Crippen LogP contribution in [0.1, 0.15) is 11.1 Å². The molecule has 0 aliphatic carbocycles. The molecular formula is C14H17N3. The van der Waals surface area contributed by atoms with Gasteiger partial charge in [-0.25, -0.2) is 0 Å². The number of nitrogens with one attached hydrogen (secondary N) is 1. The van der Waals surface area contributed by atoms with Gasteiger partial charge in [0.1, 0.15) is 0 Å². The topological polar surface area (TPSA) is 50.9 Å². The number of aromatic nitrogens is 1. The number of benzene rings is 1. The Hall–Kier alpha value is -1.87. The summed E-state index contributed by atoms with van der Waals surface area (Å²) in [5.74, 6) is 0. The molecule has 0 amide bonds. The van der Waals surface area contributed by atoms with Crippen LogP contribution in [-0.2, 0) is 13.0 Å². The van der Waals surface area contributed by atoms with Crippen molar-refractivity contribution in [1.29, 1.82) is 0 Å². The fourth-order valence-corrected chi connectivity index (χ4v) is 1.71. The minimum absolute atomic E-state index is 0.830. The van der Waals surface area contributed by atoms with E-state index in [1.165, 1.54) is 11.1 Å². The molecule has 1 aromatic carbocycles. The number of rotatable bonds is 5. The summed E-state index contributed by atoms with van der Waals surface area (Å²) >= 11 is 0. The van der Waals surface area contributed by atoms with Crippen LogP contribution in [0.3, 0.4) is 0 Å². The van der Waals surface area contributed by atoms with Crippen molar-refractivity contribution < 1.29 is 0 Å². The molecule has 0 unspecified atom stereocenters. The van der Waals surface area contributed by atoms with Crippen molar-refractivity contribution in [3.05, 3.63) is 59.9 Å². The van der Waals surface area contributed by atoms with Crippen LogP contribution in [0.2, 0.25) is 0 Å². The molecule has 0 saturated heterocycles. The maximum Gasteiger partial charge on any atom is 0.0316 e. The van der Waals surface area contributed by atoms with Crippen molar-refractivity contribution in [2.24, 2.45) is 0 Å². The summed E-state index contributed by atoms with van der Waals surface area (Å²) in [4.78, 5) is 3.99. The summed E-state index contributed by atoms with van der Waals surface area (Å²) in [5.41, 5.74) is 9.08. The fraction of sp³-hybridized carbons (Fsp3) is 0.214. The lowest BCUT2D eigenvalue weighted by Crippen LogP contribution is -2.16. The summed E-state index contributed by atoms with van der Waals surface area (Å²) in [6.07, 6.45) is 4.62. The average molecular weight is 227 g/mol. The van der Waals surface area contributed by atoms with E-state index < -0.39 is 0 Å². The van der Waals surface area contributed by atoms with Crippen LogP contribution in [0.15, 0.2) is 48.8 Å². The first kappa shape index (κ1) is 11.6. The lowest BCUT2D eigenvalue weighted by molar-refractivity contribution is 0.686. The molecule has 0 aliphatic heterocycles. The van der Waals surface area contributed by atoms with Crippen LogP contribution in [0, 0.1) is 0 Å². The largest absolute Gasteiger partial charge is 0.399 e. The average Bonchev–Trinajstić information content (AvgIpc) is 2.36. The predicted molar refractivity (Wildman–Crippen MR) is 70.5 cm³/mol. The van der Waals surface area contributed by atoms with Crippen LogP contribution < -0.4 is 11.1 Å². The molecule has 1 heterocycles. The molecule has 2 rings (SSSR count). The van der Waals surface area contributed by atoms with Crippen molar-refractivity contribution in [3.8, 4) is 0 Å². The summed E-state index contributed by atoms with van der Waals surface area (Å²) in [6.45, 7) is 1.83. The highest BCUT2D eigenvalue weighted by atomic mass is 14.8. The van der Waals surface area contributed by atoms with Crippen LogP contribution in [-0.4, -0.2) is 11.5 Å². The summed E-state index contributed by atoms with van der Waals surface area (Å²) in [5, 5.41) is 3.40. The number of hydrogen-bond donors (Lipinski definition) is 2. The SMILES string of the molecule is Nc1cccc(CCNCc2ccncc2)c1. The van der Waals surface area contributed by atoms with Gasteiger partial charge in [-0.05, 0) is 48.4 Å². The zero-order valence-corrected chi connectivity index (χ0v) is 9.76. The maximum absolute atomic E-state index is 5.73. The van der Waals surface area contributed by atoms with E-state index in [-0.39, 0.29) is 0 Å². The number of pyridine rings is 1. The lowest BCUT2D eigenvalue weighted by Gasteiger charge is -2.05. The first-order chi connectivity index (χ1) is 8.34. The van der Waals surface area contributed by atoms with E-state index in [0.29, 0.717) is 0 Å². The Morgan fingerprint density at radius 3 is 2.65 bits per heavy atom. The van der Waals surface area contributed by atoms with Gasteiger partial charge in [0, 0.05) is 24.6 Å². The quantitative estimate of drug-likeness (QED) is 0.606. The van der Waals surface area contributed by atoms with Crippen molar-refractivity contribution in [2.45, 2.75) is 13.0 Å². The zero-order chi connectivity index (χ0) is 11.9. The molecule has 17 heavy (non-hydrogen) atoms. The van der Waals surface area contributed by atoms with Crippen molar-refractivity contribution in [3.63, 3.8) is 0 Å². The smallest absolute Gasteiger partial charge is 0.0316 e. The molecule has 0 bridgehead atoms. The Kier molecular flexibility index (Phi) is 4.11. The Labute approximate surface area is 102 Å². The van der Waals surface area contributed by atoms with Gasteiger partial charge in [-0.3, -0.25) is 4.98 Å². The van der Waals surface area contributed by atoms with Gasteiger partial charge in [-0.2, -0.15) is 0 Å². The van der Waals surface area contributed by atoms with E-state index in [1.807, 2.05) is 42.7 Å². The standard InChI is InChI=1S/C14H17N3/c15-14-3-1-2-12(10-14)4-9-17-11-13-5-7-16-8-6-13/h1-3,5-8,10,17H,4,9,11,15H2. The number of nitrogens with two attached hydrogens (primary N) is 1. The number of hydrogen-bond acceptors (Lipinski definition) is 3. The molecule has 0 atom stereocenters. The molecular weight excluding hydrogens is 210 g/mol. The summed E-state index contributed by atoms with van der Waals surface area (Å²) in [6, 6.07) is 12.1. The van der Waals surface area contributed by atoms with E-state index in [4.69, 9.17) is 5.73 Å². The molecule has 0 spiro atoms. The van der Waals surface area contributed by atoms with Gasteiger partial charge in [0.2, 0.25) is 0 Å². The third kappa shape index (κ3) is 3.89. The molecule has 88 valence electrons. The summed E-state index contributed by atoms with van der Waals surface area (Å²) in [7, 11) is 0. The van der Waals surface area contributed by atoms with Gasteiger partial charge in [-0.1, -0.05) is 12.1 Å². The molecule has 1 aromatic heterocycles. The highest BCUT2D eigenvalue weighted by Gasteiger charge is 1.94. The van der Waals surface area contributed by atoms with Gasteiger partial charge in [0.15, 0.2) is 0 Å². The minimum atomic E-state index is 0.830. The van der Waals surface area contributed by atoms with Crippen molar-refractivity contribution in [2.75, 3.05) is 12.3 Å². The van der Waals surface area contributed by atoms with E-state index in [2.05, 4.69) is 16.4 Å². The Bertz CT molecular complexity index is 454. The van der Waals surface area contributed by atoms with Crippen LogP contribution >= 0.6 is 0 Å².